The van der Waals surface area contributed by atoms with E-state index in [2.05, 4.69) is 10.0 Å². The lowest BCUT2D eigenvalue weighted by Crippen LogP contribution is -2.32. The molecule has 1 unspecified atom stereocenters. The number of carboxylic acid groups (broad SMARTS) is 1. The van der Waals surface area contributed by atoms with Crippen LogP contribution >= 0.6 is 0 Å². The Morgan fingerprint density at radius 3 is 2.41 bits per heavy atom. The first kappa shape index (κ1) is 18.4. The van der Waals surface area contributed by atoms with Crippen molar-refractivity contribution in [2.24, 2.45) is 0 Å². The minimum Gasteiger partial charge on any atom is -0.478 e. The van der Waals surface area contributed by atoms with Gasteiger partial charge in [-0.15, -0.1) is 0 Å². The number of hydrogen-bond acceptors (Lipinski definition) is 4. The van der Waals surface area contributed by atoms with Gasteiger partial charge >= 0.3 is 5.97 Å². The number of sulfonamides is 1. The molecule has 3 N–H and O–H groups in total. The summed E-state index contributed by atoms with van der Waals surface area (Å²) in [5, 5.41) is 12.3. The molecule has 0 aliphatic carbocycles. The van der Waals surface area contributed by atoms with Gasteiger partial charge in [0.25, 0.3) is 0 Å². The van der Waals surface area contributed by atoms with Gasteiger partial charge in [0.1, 0.15) is 0 Å². The predicted molar refractivity (Wildman–Crippen MR) is 86.9 cm³/mol. The van der Waals surface area contributed by atoms with Gasteiger partial charge in [-0.25, -0.2) is 17.9 Å². The predicted octanol–water partition coefficient (Wildman–Crippen LogP) is 2.67. The zero-order valence-electron chi connectivity index (χ0n) is 13.4. The highest BCUT2D eigenvalue weighted by molar-refractivity contribution is 7.89. The molecule has 0 bridgehead atoms. The molecule has 124 valence electrons. The Labute approximate surface area is 132 Å². The summed E-state index contributed by atoms with van der Waals surface area (Å²) in [4.78, 5) is 11.3. The van der Waals surface area contributed by atoms with Gasteiger partial charge in [-0.3, -0.25) is 0 Å². The average Bonchev–Trinajstić information content (AvgIpc) is 2.37. The van der Waals surface area contributed by atoms with Crippen molar-refractivity contribution in [3.05, 3.63) is 23.8 Å². The molecular formula is C15H24N2O4S. The number of aromatic carboxylic acids is 1. The zero-order chi connectivity index (χ0) is 16.9. The third-order valence-electron chi connectivity index (χ3n) is 3.05. The number of rotatable bonds is 8. The second kappa shape index (κ2) is 7.60. The molecule has 0 saturated heterocycles. The van der Waals surface area contributed by atoms with Crippen molar-refractivity contribution in [2.45, 2.75) is 57.5 Å². The summed E-state index contributed by atoms with van der Waals surface area (Å²) in [6, 6.07) is 3.94. The van der Waals surface area contributed by atoms with Crippen molar-refractivity contribution < 1.29 is 18.3 Å². The molecule has 0 amide bonds. The molecule has 7 heteroatoms. The van der Waals surface area contributed by atoms with Crippen LogP contribution in [-0.4, -0.2) is 31.6 Å². The quantitative estimate of drug-likeness (QED) is 0.682. The summed E-state index contributed by atoms with van der Waals surface area (Å²) in [7, 11) is -3.72. The Kier molecular flexibility index (Phi) is 6.37. The van der Waals surface area contributed by atoms with Crippen LogP contribution in [0.4, 0.5) is 5.69 Å². The van der Waals surface area contributed by atoms with Crippen molar-refractivity contribution in [2.75, 3.05) is 5.32 Å². The van der Waals surface area contributed by atoms with Crippen LogP contribution in [0.2, 0.25) is 0 Å². The minimum atomic E-state index is -3.72. The first-order valence-electron chi connectivity index (χ1n) is 7.33. The number of hydrogen-bond donors (Lipinski definition) is 3. The second-order valence-corrected chi connectivity index (χ2v) is 7.34. The van der Waals surface area contributed by atoms with Gasteiger partial charge in [-0.2, -0.15) is 0 Å². The average molecular weight is 328 g/mol. The topological polar surface area (TPSA) is 95.5 Å². The van der Waals surface area contributed by atoms with Crippen LogP contribution in [0.15, 0.2) is 23.1 Å². The molecule has 0 spiro atoms. The van der Waals surface area contributed by atoms with Gasteiger partial charge in [0.15, 0.2) is 0 Å². The first-order chi connectivity index (χ1) is 10.2. The molecule has 0 radical (unpaired) electrons. The number of carbonyl (C=O) groups is 1. The monoisotopic (exact) mass is 328 g/mol. The van der Waals surface area contributed by atoms with Crippen molar-refractivity contribution in [1.29, 1.82) is 0 Å². The highest BCUT2D eigenvalue weighted by Gasteiger charge is 2.20. The number of nitrogens with one attached hydrogen (secondary N) is 2. The summed E-state index contributed by atoms with van der Waals surface area (Å²) >= 11 is 0. The highest BCUT2D eigenvalue weighted by atomic mass is 32.2. The fourth-order valence-electron chi connectivity index (χ4n) is 2.13. The lowest BCUT2D eigenvalue weighted by atomic mass is 10.1. The SMILES string of the molecule is CCCC(C)NS(=O)(=O)c1ccc(NC(C)C)c(C(=O)O)c1. The van der Waals surface area contributed by atoms with Gasteiger partial charge in [0.05, 0.1) is 10.5 Å². The molecule has 0 fully saturated rings. The molecular weight excluding hydrogens is 304 g/mol. The highest BCUT2D eigenvalue weighted by Crippen LogP contribution is 2.22. The third kappa shape index (κ3) is 4.99. The normalized spacial score (nSPS) is 13.1. The summed E-state index contributed by atoms with van der Waals surface area (Å²) in [5.74, 6) is -1.16. The maximum absolute atomic E-state index is 12.3. The van der Waals surface area contributed by atoms with Gasteiger partial charge in [0.2, 0.25) is 10.0 Å². The maximum Gasteiger partial charge on any atom is 0.337 e. The van der Waals surface area contributed by atoms with Gasteiger partial charge in [-0.1, -0.05) is 13.3 Å². The molecule has 0 heterocycles. The third-order valence-corrected chi connectivity index (χ3v) is 4.64. The summed E-state index contributed by atoms with van der Waals surface area (Å²) in [6.45, 7) is 7.52. The van der Waals surface area contributed by atoms with Gasteiger partial charge < -0.3 is 10.4 Å². The Balaban J connectivity index is 3.15. The molecule has 0 aliphatic heterocycles. The zero-order valence-corrected chi connectivity index (χ0v) is 14.2. The van der Waals surface area contributed by atoms with E-state index in [9.17, 15) is 18.3 Å². The molecule has 1 aromatic rings. The molecule has 0 aromatic heterocycles. The number of anilines is 1. The Morgan fingerprint density at radius 1 is 1.27 bits per heavy atom. The number of benzene rings is 1. The fourth-order valence-corrected chi connectivity index (χ4v) is 3.43. The Bertz CT molecular complexity index is 626. The fraction of sp³-hybridized carbons (Fsp3) is 0.533. The van der Waals surface area contributed by atoms with Gasteiger partial charge in [0, 0.05) is 17.8 Å². The van der Waals surface area contributed by atoms with Crippen LogP contribution in [0.5, 0.6) is 0 Å². The van der Waals surface area contributed by atoms with E-state index in [1.165, 1.54) is 18.2 Å². The van der Waals surface area contributed by atoms with E-state index in [1.54, 1.807) is 6.92 Å². The Morgan fingerprint density at radius 2 is 1.91 bits per heavy atom. The molecule has 1 aromatic carbocycles. The molecule has 0 saturated carbocycles. The minimum absolute atomic E-state index is 0.0397. The summed E-state index contributed by atoms with van der Waals surface area (Å²) in [5.41, 5.74) is 0.350. The standard InChI is InChI=1S/C15H24N2O4S/c1-5-6-11(4)17-22(20,21)12-7-8-14(16-10(2)3)13(9-12)15(18)19/h7-11,16-17H,5-6H2,1-4H3,(H,18,19). The van der Waals surface area contributed by atoms with E-state index < -0.39 is 16.0 Å². The first-order valence-corrected chi connectivity index (χ1v) is 8.82. The summed E-state index contributed by atoms with van der Waals surface area (Å²) < 4.78 is 27.2. The van der Waals surface area contributed by atoms with Crippen molar-refractivity contribution in [3.8, 4) is 0 Å². The van der Waals surface area contributed by atoms with Crippen LogP contribution in [-0.2, 0) is 10.0 Å². The van der Waals surface area contributed by atoms with E-state index >= 15 is 0 Å². The van der Waals surface area contributed by atoms with E-state index in [0.717, 1.165) is 12.8 Å². The van der Waals surface area contributed by atoms with E-state index in [0.29, 0.717) is 5.69 Å². The molecule has 1 rings (SSSR count). The summed E-state index contributed by atoms with van der Waals surface area (Å²) in [6.07, 6.45) is 1.58. The van der Waals surface area contributed by atoms with Crippen molar-refractivity contribution in [1.82, 2.24) is 4.72 Å². The van der Waals surface area contributed by atoms with Gasteiger partial charge in [-0.05, 0) is 45.4 Å². The van der Waals surface area contributed by atoms with Crippen LogP contribution in [0.3, 0.4) is 0 Å². The smallest absolute Gasteiger partial charge is 0.337 e. The van der Waals surface area contributed by atoms with Crippen LogP contribution < -0.4 is 10.0 Å². The number of carboxylic acids is 1. The molecule has 22 heavy (non-hydrogen) atoms. The second-order valence-electron chi connectivity index (χ2n) is 5.62. The molecule has 6 nitrogen and oxygen atoms in total. The van der Waals surface area contributed by atoms with Crippen LogP contribution in [0, 0.1) is 0 Å². The van der Waals surface area contributed by atoms with Crippen LogP contribution in [0.25, 0.3) is 0 Å². The van der Waals surface area contributed by atoms with E-state index in [4.69, 9.17) is 0 Å². The van der Waals surface area contributed by atoms with E-state index in [-0.39, 0.29) is 22.5 Å². The van der Waals surface area contributed by atoms with Crippen molar-refractivity contribution >= 4 is 21.7 Å². The Hall–Kier alpha value is -1.60. The van der Waals surface area contributed by atoms with Crippen molar-refractivity contribution in [3.63, 3.8) is 0 Å². The largest absolute Gasteiger partial charge is 0.478 e. The lowest BCUT2D eigenvalue weighted by molar-refractivity contribution is 0.0697. The lowest BCUT2D eigenvalue weighted by Gasteiger charge is -2.16. The maximum atomic E-state index is 12.3. The molecule has 1 atom stereocenters. The van der Waals surface area contributed by atoms with E-state index in [1.807, 2.05) is 20.8 Å². The van der Waals surface area contributed by atoms with Crippen LogP contribution in [0.1, 0.15) is 50.9 Å². The molecule has 0 aliphatic rings.